The van der Waals surface area contributed by atoms with Crippen LogP contribution in [0.3, 0.4) is 0 Å². The van der Waals surface area contributed by atoms with Crippen molar-refractivity contribution < 1.29 is 4.79 Å². The first-order chi connectivity index (χ1) is 7.74. The van der Waals surface area contributed by atoms with Crippen molar-refractivity contribution in [3.05, 3.63) is 0 Å². The van der Waals surface area contributed by atoms with Crippen LogP contribution in [0.15, 0.2) is 0 Å². The minimum absolute atomic E-state index is 0.0532. The molecule has 92 valence electrons. The quantitative estimate of drug-likeness (QED) is 0.714. The van der Waals surface area contributed by atoms with Gasteiger partial charge in [0.05, 0.1) is 5.92 Å². The molecule has 0 heterocycles. The van der Waals surface area contributed by atoms with Gasteiger partial charge in [0, 0.05) is 19.6 Å². The molecule has 2 saturated carbocycles. The van der Waals surface area contributed by atoms with Crippen molar-refractivity contribution >= 4 is 5.91 Å². The number of nitrogens with zero attached hydrogens (tertiary/aromatic N) is 1. The summed E-state index contributed by atoms with van der Waals surface area (Å²) in [6, 6.07) is 0. The number of rotatable bonds is 7. The maximum absolute atomic E-state index is 12.3. The van der Waals surface area contributed by atoms with E-state index in [4.69, 9.17) is 5.73 Å². The van der Waals surface area contributed by atoms with Crippen LogP contribution in [0.1, 0.15) is 39.0 Å². The molecular formula is C13H24N2O. The van der Waals surface area contributed by atoms with Gasteiger partial charge in [-0.3, -0.25) is 4.79 Å². The summed E-state index contributed by atoms with van der Waals surface area (Å²) in [5.41, 5.74) is 5.67. The molecule has 16 heavy (non-hydrogen) atoms. The van der Waals surface area contributed by atoms with E-state index < -0.39 is 0 Å². The van der Waals surface area contributed by atoms with Crippen molar-refractivity contribution in [1.29, 1.82) is 0 Å². The number of carbonyl (C=O) groups excluding carboxylic acids is 1. The van der Waals surface area contributed by atoms with Gasteiger partial charge >= 0.3 is 0 Å². The van der Waals surface area contributed by atoms with Gasteiger partial charge in [-0.25, -0.2) is 0 Å². The third-order valence-corrected chi connectivity index (χ3v) is 3.79. The van der Waals surface area contributed by atoms with Crippen LogP contribution in [0.5, 0.6) is 0 Å². The van der Waals surface area contributed by atoms with Gasteiger partial charge in [-0.1, -0.05) is 6.92 Å². The van der Waals surface area contributed by atoms with Crippen LogP contribution in [-0.4, -0.2) is 30.4 Å². The summed E-state index contributed by atoms with van der Waals surface area (Å²) in [4.78, 5) is 14.4. The highest BCUT2D eigenvalue weighted by Gasteiger charge is 2.33. The zero-order valence-corrected chi connectivity index (χ0v) is 10.3. The summed E-state index contributed by atoms with van der Waals surface area (Å²) in [6.07, 6.45) is 6.13. The van der Waals surface area contributed by atoms with Crippen LogP contribution in [0.4, 0.5) is 0 Å². The maximum atomic E-state index is 12.3. The summed E-state index contributed by atoms with van der Waals surface area (Å²) in [5.74, 6) is 1.94. The van der Waals surface area contributed by atoms with Gasteiger partial charge in [0.2, 0.25) is 5.91 Å². The van der Waals surface area contributed by atoms with Crippen molar-refractivity contribution in [3.63, 3.8) is 0 Å². The molecule has 3 nitrogen and oxygen atoms in total. The Labute approximate surface area is 98.4 Å². The Morgan fingerprint density at radius 1 is 1.25 bits per heavy atom. The fourth-order valence-corrected chi connectivity index (χ4v) is 2.18. The lowest BCUT2D eigenvalue weighted by molar-refractivity contribution is -0.135. The highest BCUT2D eigenvalue weighted by molar-refractivity contribution is 5.79. The minimum atomic E-state index is 0.0532. The number of amides is 1. The van der Waals surface area contributed by atoms with Gasteiger partial charge in [-0.05, 0) is 43.9 Å². The summed E-state index contributed by atoms with van der Waals surface area (Å²) in [7, 11) is 0. The Morgan fingerprint density at radius 2 is 1.75 bits per heavy atom. The van der Waals surface area contributed by atoms with Gasteiger partial charge in [0.1, 0.15) is 0 Å². The molecule has 2 rings (SSSR count). The maximum Gasteiger partial charge on any atom is 0.226 e. The van der Waals surface area contributed by atoms with E-state index in [0.717, 1.165) is 31.3 Å². The number of nitrogens with two attached hydrogens (primary N) is 1. The van der Waals surface area contributed by atoms with E-state index in [2.05, 4.69) is 11.8 Å². The lowest BCUT2D eigenvalue weighted by Gasteiger charge is -2.26. The van der Waals surface area contributed by atoms with Crippen molar-refractivity contribution in [2.45, 2.75) is 39.0 Å². The second kappa shape index (κ2) is 5.17. The summed E-state index contributed by atoms with van der Waals surface area (Å²) in [6.45, 7) is 4.54. The van der Waals surface area contributed by atoms with Crippen LogP contribution in [0.2, 0.25) is 0 Å². The minimum Gasteiger partial charge on any atom is -0.342 e. The molecule has 0 aromatic rings. The predicted molar refractivity (Wildman–Crippen MR) is 64.9 cm³/mol. The molecule has 0 bridgehead atoms. The van der Waals surface area contributed by atoms with E-state index >= 15 is 0 Å². The third-order valence-electron chi connectivity index (χ3n) is 3.79. The molecule has 3 heteroatoms. The Balaban J connectivity index is 1.88. The normalized spacial score (nSPS) is 21.9. The predicted octanol–water partition coefficient (Wildman–Crippen LogP) is 1.62. The third kappa shape index (κ3) is 3.21. The Kier molecular flexibility index (Phi) is 3.85. The van der Waals surface area contributed by atoms with E-state index in [1.54, 1.807) is 0 Å². The van der Waals surface area contributed by atoms with Crippen LogP contribution < -0.4 is 5.73 Å². The molecule has 2 N–H and O–H groups in total. The standard InChI is InChI=1S/C13H24N2O/c1-2-12(7-14)13(16)15(8-10-3-4-10)9-11-5-6-11/h10-12H,2-9,14H2,1H3. The van der Waals surface area contributed by atoms with E-state index in [0.29, 0.717) is 12.5 Å². The molecule has 0 aromatic heterocycles. The Bertz CT molecular complexity index is 228. The average molecular weight is 224 g/mol. The van der Waals surface area contributed by atoms with Crippen molar-refractivity contribution in [1.82, 2.24) is 4.90 Å². The van der Waals surface area contributed by atoms with E-state index in [1.165, 1.54) is 25.7 Å². The molecule has 2 aliphatic rings. The number of hydrogen-bond acceptors (Lipinski definition) is 2. The van der Waals surface area contributed by atoms with Gasteiger partial charge < -0.3 is 10.6 Å². The molecule has 0 spiro atoms. The van der Waals surface area contributed by atoms with Crippen LogP contribution in [0.25, 0.3) is 0 Å². The van der Waals surface area contributed by atoms with Gasteiger partial charge in [-0.2, -0.15) is 0 Å². The molecule has 1 unspecified atom stereocenters. The van der Waals surface area contributed by atoms with Crippen LogP contribution >= 0.6 is 0 Å². The summed E-state index contributed by atoms with van der Waals surface area (Å²) >= 11 is 0. The Morgan fingerprint density at radius 3 is 2.06 bits per heavy atom. The molecule has 0 aromatic carbocycles. The van der Waals surface area contributed by atoms with Crippen molar-refractivity contribution in [3.8, 4) is 0 Å². The zero-order chi connectivity index (χ0) is 11.5. The molecule has 0 radical (unpaired) electrons. The van der Waals surface area contributed by atoms with E-state index in [9.17, 15) is 4.79 Å². The second-order valence-corrected chi connectivity index (χ2v) is 5.47. The zero-order valence-electron chi connectivity index (χ0n) is 10.3. The molecule has 0 saturated heterocycles. The molecule has 0 aliphatic heterocycles. The number of hydrogen-bond donors (Lipinski definition) is 1. The molecule has 1 amide bonds. The monoisotopic (exact) mass is 224 g/mol. The fraction of sp³-hybridized carbons (Fsp3) is 0.923. The lowest BCUT2D eigenvalue weighted by Crippen LogP contribution is -2.41. The summed E-state index contributed by atoms with van der Waals surface area (Å²) in [5, 5.41) is 0. The first kappa shape index (κ1) is 11.9. The molecule has 2 fully saturated rings. The van der Waals surface area contributed by atoms with E-state index in [1.807, 2.05) is 0 Å². The van der Waals surface area contributed by atoms with Gasteiger partial charge in [0.25, 0.3) is 0 Å². The van der Waals surface area contributed by atoms with Crippen molar-refractivity contribution in [2.24, 2.45) is 23.5 Å². The largest absolute Gasteiger partial charge is 0.342 e. The van der Waals surface area contributed by atoms with Crippen LogP contribution in [-0.2, 0) is 4.79 Å². The number of carbonyl (C=O) groups is 1. The topological polar surface area (TPSA) is 46.3 Å². The van der Waals surface area contributed by atoms with Crippen LogP contribution in [0, 0.1) is 17.8 Å². The highest BCUT2D eigenvalue weighted by Crippen LogP contribution is 2.34. The highest BCUT2D eigenvalue weighted by atomic mass is 16.2. The van der Waals surface area contributed by atoms with Gasteiger partial charge in [0.15, 0.2) is 0 Å². The fourth-order valence-electron chi connectivity index (χ4n) is 2.18. The first-order valence-electron chi connectivity index (χ1n) is 6.73. The molecule has 1 atom stereocenters. The SMILES string of the molecule is CCC(CN)C(=O)N(CC1CC1)CC1CC1. The molecular weight excluding hydrogens is 200 g/mol. The molecule has 2 aliphatic carbocycles. The average Bonchev–Trinajstić information content (AvgIpc) is 3.13. The smallest absolute Gasteiger partial charge is 0.226 e. The first-order valence-corrected chi connectivity index (χ1v) is 6.73. The second-order valence-electron chi connectivity index (χ2n) is 5.47. The lowest BCUT2D eigenvalue weighted by atomic mass is 10.0. The summed E-state index contributed by atoms with van der Waals surface area (Å²) < 4.78 is 0. The van der Waals surface area contributed by atoms with E-state index in [-0.39, 0.29) is 5.92 Å². The van der Waals surface area contributed by atoms with Gasteiger partial charge in [-0.15, -0.1) is 0 Å². The Hall–Kier alpha value is -0.570. The van der Waals surface area contributed by atoms with Crippen molar-refractivity contribution in [2.75, 3.05) is 19.6 Å².